The molecule has 0 aliphatic carbocycles. The van der Waals surface area contributed by atoms with Crippen molar-refractivity contribution in [3.63, 3.8) is 0 Å². The maximum Gasteiger partial charge on any atom is 0.407 e. The second-order valence-electron chi connectivity index (χ2n) is 10.8. The standard InChI is InChI=1S/C32H45N7O3S2/c1-6-23(17-30(43)44)25(21(2)39(20-40)19-24-18-36-22(3)37-31(24)33)13-16-42-32(41)35-15-14-34-28-11-7-10-27-26(28)9-8-12-29(27)38(4)5/h7-12,18,20,23,30,34,43-44H,6,13-17,19H2,1-5H3,(H,35,41)(H2,33,36,37). The summed E-state index contributed by atoms with van der Waals surface area (Å²) >= 11 is 8.97. The molecule has 44 heavy (non-hydrogen) atoms. The third kappa shape index (κ3) is 9.68. The van der Waals surface area contributed by atoms with E-state index in [1.165, 1.54) is 0 Å². The van der Waals surface area contributed by atoms with Crippen molar-refractivity contribution in [3.8, 4) is 0 Å². The maximum absolute atomic E-state index is 12.5. The van der Waals surface area contributed by atoms with Gasteiger partial charge in [0.25, 0.3) is 0 Å². The molecule has 0 saturated carbocycles. The van der Waals surface area contributed by atoms with E-state index in [1.807, 2.05) is 39.2 Å². The number of amides is 2. The number of hydrogen-bond acceptors (Lipinski definition) is 10. The molecule has 0 aliphatic rings. The fourth-order valence-corrected chi connectivity index (χ4v) is 5.74. The first-order chi connectivity index (χ1) is 21.0. The predicted molar refractivity (Wildman–Crippen MR) is 186 cm³/mol. The van der Waals surface area contributed by atoms with Crippen LogP contribution < -0.4 is 21.3 Å². The molecule has 2 amide bonds. The van der Waals surface area contributed by atoms with Crippen LogP contribution in [0, 0.1) is 12.8 Å². The second-order valence-corrected chi connectivity index (χ2v) is 12.5. The number of rotatable bonds is 16. The third-order valence-electron chi connectivity index (χ3n) is 7.56. The Labute approximate surface area is 271 Å². The molecule has 0 bridgehead atoms. The monoisotopic (exact) mass is 639 g/mol. The molecule has 4 N–H and O–H groups in total. The molecule has 1 aromatic heterocycles. The van der Waals surface area contributed by atoms with Crippen molar-refractivity contribution in [2.24, 2.45) is 5.92 Å². The van der Waals surface area contributed by atoms with Crippen LogP contribution in [0.5, 0.6) is 0 Å². The summed E-state index contributed by atoms with van der Waals surface area (Å²) in [5, 5.41) is 8.51. The molecule has 0 aliphatic heterocycles. The Hall–Kier alpha value is -3.64. The zero-order chi connectivity index (χ0) is 32.2. The van der Waals surface area contributed by atoms with E-state index in [-0.39, 0.29) is 23.7 Å². The molecule has 0 radical (unpaired) electrons. The summed E-state index contributed by atoms with van der Waals surface area (Å²) in [6, 6.07) is 12.4. The van der Waals surface area contributed by atoms with Gasteiger partial charge in [0.15, 0.2) is 0 Å². The van der Waals surface area contributed by atoms with Crippen molar-refractivity contribution in [1.29, 1.82) is 0 Å². The summed E-state index contributed by atoms with van der Waals surface area (Å²) in [5.74, 6) is 0.994. The normalized spacial score (nSPS) is 12.5. The Morgan fingerprint density at radius 1 is 1.14 bits per heavy atom. The van der Waals surface area contributed by atoms with Gasteiger partial charge in [-0.05, 0) is 50.3 Å². The topological polar surface area (TPSA) is 126 Å². The van der Waals surface area contributed by atoms with Gasteiger partial charge in [0.2, 0.25) is 6.41 Å². The summed E-state index contributed by atoms with van der Waals surface area (Å²) < 4.78 is 5.41. The Morgan fingerprint density at radius 2 is 1.86 bits per heavy atom. The van der Waals surface area contributed by atoms with Crippen molar-refractivity contribution in [3.05, 3.63) is 65.3 Å². The lowest BCUT2D eigenvalue weighted by Crippen LogP contribution is -2.30. The van der Waals surface area contributed by atoms with E-state index in [0.29, 0.717) is 43.1 Å². The van der Waals surface area contributed by atoms with Crippen molar-refractivity contribution in [2.45, 2.75) is 51.2 Å². The SMILES string of the molecule is CCC(CC(S)S)C(CCOC(=O)NCCNc1cccc2c(N(C)C)cccc12)=C(C)N(C=O)Cc1cnc(C)nc1N. The molecule has 3 aromatic rings. The average molecular weight is 640 g/mol. The number of nitrogens with zero attached hydrogens (tertiary/aromatic N) is 4. The summed E-state index contributed by atoms with van der Waals surface area (Å²) in [5.41, 5.74) is 10.7. The zero-order valence-corrected chi connectivity index (χ0v) is 28.0. The fraction of sp³-hybridized carbons (Fsp3) is 0.438. The number of ether oxygens (including phenoxy) is 1. The largest absolute Gasteiger partial charge is 0.449 e. The molecule has 12 heteroatoms. The van der Waals surface area contributed by atoms with Crippen LogP contribution in [0.15, 0.2) is 53.9 Å². The van der Waals surface area contributed by atoms with E-state index < -0.39 is 6.09 Å². The minimum absolute atomic E-state index is 0.0913. The van der Waals surface area contributed by atoms with Gasteiger partial charge in [0.1, 0.15) is 11.6 Å². The lowest BCUT2D eigenvalue weighted by atomic mass is 9.89. The maximum atomic E-state index is 12.5. The van der Waals surface area contributed by atoms with Gasteiger partial charge < -0.3 is 30.9 Å². The van der Waals surface area contributed by atoms with Crippen LogP contribution in [0.1, 0.15) is 44.5 Å². The van der Waals surface area contributed by atoms with Gasteiger partial charge >= 0.3 is 6.09 Å². The highest BCUT2D eigenvalue weighted by Gasteiger charge is 2.21. The number of nitrogens with one attached hydrogen (secondary N) is 2. The Kier molecular flexibility index (Phi) is 13.5. The smallest absolute Gasteiger partial charge is 0.407 e. The number of aromatic nitrogens is 2. The molecule has 1 unspecified atom stereocenters. The Balaban J connectivity index is 1.61. The van der Waals surface area contributed by atoms with Crippen LogP contribution >= 0.6 is 25.3 Å². The highest BCUT2D eigenvalue weighted by atomic mass is 32.2. The Morgan fingerprint density at radius 3 is 2.52 bits per heavy atom. The number of carbonyl (C=O) groups excluding carboxylic acids is 2. The van der Waals surface area contributed by atoms with Gasteiger partial charge in [-0.25, -0.2) is 14.8 Å². The molecule has 2 aromatic carbocycles. The molecule has 1 atom stereocenters. The predicted octanol–water partition coefficient (Wildman–Crippen LogP) is 5.65. The summed E-state index contributed by atoms with van der Waals surface area (Å²) in [7, 11) is 4.06. The Bertz CT molecular complexity index is 1450. The van der Waals surface area contributed by atoms with E-state index in [4.69, 9.17) is 10.5 Å². The van der Waals surface area contributed by atoms with Crippen LogP contribution in [0.2, 0.25) is 0 Å². The number of aryl methyl sites for hydroxylation is 1. The first-order valence-corrected chi connectivity index (χ1v) is 15.8. The van der Waals surface area contributed by atoms with Gasteiger partial charge in [0, 0.05) is 77.8 Å². The molecule has 238 valence electrons. The molecule has 0 fully saturated rings. The molecule has 0 spiro atoms. The van der Waals surface area contributed by atoms with Gasteiger partial charge in [0.05, 0.1) is 13.2 Å². The molecular weight excluding hydrogens is 595 g/mol. The summed E-state index contributed by atoms with van der Waals surface area (Å²) in [6.07, 6.45) is 3.88. The number of alkyl carbamates (subject to hydrolysis) is 1. The van der Waals surface area contributed by atoms with Crippen molar-refractivity contribution in [2.75, 3.05) is 49.7 Å². The highest BCUT2D eigenvalue weighted by Crippen LogP contribution is 2.32. The van der Waals surface area contributed by atoms with Gasteiger partial charge in [-0.3, -0.25) is 4.79 Å². The summed E-state index contributed by atoms with van der Waals surface area (Å²) in [4.78, 5) is 36.9. The first-order valence-electron chi connectivity index (χ1n) is 14.7. The number of anilines is 3. The van der Waals surface area contributed by atoms with E-state index >= 15 is 0 Å². The first kappa shape index (κ1) is 34.8. The van der Waals surface area contributed by atoms with Gasteiger partial charge in [-0.2, -0.15) is 25.3 Å². The number of hydrogen-bond donors (Lipinski definition) is 5. The number of carbonyl (C=O) groups is 2. The minimum Gasteiger partial charge on any atom is -0.449 e. The second kappa shape index (κ2) is 17.0. The number of thiol groups is 2. The fourth-order valence-electron chi connectivity index (χ4n) is 5.23. The molecular formula is C32H45N7O3S2. The lowest BCUT2D eigenvalue weighted by molar-refractivity contribution is -0.117. The third-order valence-corrected chi connectivity index (χ3v) is 7.98. The number of fused-ring (bicyclic) bond motifs is 1. The van der Waals surface area contributed by atoms with Crippen molar-refractivity contribution in [1.82, 2.24) is 20.2 Å². The van der Waals surface area contributed by atoms with E-state index in [0.717, 1.165) is 46.2 Å². The average Bonchev–Trinajstić information content (AvgIpc) is 2.99. The van der Waals surface area contributed by atoms with Crippen LogP contribution in [-0.4, -0.2) is 65.7 Å². The molecule has 3 rings (SSSR count). The van der Waals surface area contributed by atoms with E-state index in [2.05, 4.69) is 75.9 Å². The highest BCUT2D eigenvalue weighted by molar-refractivity contribution is 7.99. The number of benzene rings is 2. The number of nitrogens with two attached hydrogens (primary N) is 1. The number of allylic oxidation sites excluding steroid dienone is 1. The quantitative estimate of drug-likeness (QED) is 0.0590. The van der Waals surface area contributed by atoms with Crippen LogP contribution in [0.3, 0.4) is 0 Å². The lowest BCUT2D eigenvalue weighted by Gasteiger charge is -2.28. The minimum atomic E-state index is -0.497. The van der Waals surface area contributed by atoms with E-state index in [9.17, 15) is 9.59 Å². The number of nitrogen functional groups attached to an aromatic ring is 1. The van der Waals surface area contributed by atoms with Crippen LogP contribution in [0.25, 0.3) is 10.8 Å². The van der Waals surface area contributed by atoms with Gasteiger partial charge in [-0.15, -0.1) is 0 Å². The molecule has 1 heterocycles. The van der Waals surface area contributed by atoms with Crippen LogP contribution in [-0.2, 0) is 16.1 Å². The van der Waals surface area contributed by atoms with Crippen molar-refractivity contribution < 1.29 is 14.3 Å². The zero-order valence-electron chi connectivity index (χ0n) is 26.2. The van der Waals surface area contributed by atoms with E-state index in [1.54, 1.807) is 18.0 Å². The molecule has 0 saturated heterocycles. The molecule has 10 nitrogen and oxygen atoms in total. The summed E-state index contributed by atoms with van der Waals surface area (Å²) in [6.45, 7) is 7.05. The van der Waals surface area contributed by atoms with Crippen LogP contribution in [0.4, 0.5) is 22.0 Å². The van der Waals surface area contributed by atoms with Gasteiger partial charge in [-0.1, -0.05) is 31.2 Å². The van der Waals surface area contributed by atoms with Crippen molar-refractivity contribution >= 4 is 65.7 Å².